The van der Waals surface area contributed by atoms with Gasteiger partial charge in [0, 0.05) is 31.4 Å². The van der Waals surface area contributed by atoms with Crippen molar-refractivity contribution in [2.75, 3.05) is 6.54 Å². The van der Waals surface area contributed by atoms with Crippen LogP contribution in [-0.4, -0.2) is 28.4 Å². The molecular weight excluding hydrogens is 214 g/mol. The van der Waals surface area contributed by atoms with Gasteiger partial charge < -0.3 is 10.6 Å². The number of likely N-dealkylation sites (N-methyl/N-ethyl adjacent to an activating group) is 1. The molecule has 2 N–H and O–H groups in total. The molecule has 2 unspecified atom stereocenters. The van der Waals surface area contributed by atoms with Crippen LogP contribution in [0.3, 0.4) is 0 Å². The van der Waals surface area contributed by atoms with Gasteiger partial charge in [-0.3, -0.25) is 9.78 Å². The van der Waals surface area contributed by atoms with Gasteiger partial charge in [-0.2, -0.15) is 0 Å². The molecule has 1 fully saturated rings. The average molecular weight is 233 g/mol. The Morgan fingerprint density at radius 1 is 1.59 bits per heavy atom. The van der Waals surface area contributed by atoms with Crippen LogP contribution in [0, 0.1) is 6.92 Å². The molecule has 4 heteroatoms. The second-order valence-electron chi connectivity index (χ2n) is 4.56. The van der Waals surface area contributed by atoms with E-state index in [1.54, 1.807) is 6.20 Å². The third-order valence-electron chi connectivity index (χ3n) is 3.49. The molecule has 17 heavy (non-hydrogen) atoms. The van der Waals surface area contributed by atoms with Crippen LogP contribution in [0.5, 0.6) is 0 Å². The van der Waals surface area contributed by atoms with Crippen molar-refractivity contribution in [1.29, 1.82) is 0 Å². The first-order valence-corrected chi connectivity index (χ1v) is 6.10. The van der Waals surface area contributed by atoms with Gasteiger partial charge in [-0.25, -0.2) is 0 Å². The average Bonchev–Trinajstić information content (AvgIpc) is 2.33. The molecule has 0 bridgehead atoms. The SMILES string of the molecule is CCN1C(=O)CCC(N)C1c1cnccc1C. The van der Waals surface area contributed by atoms with Crippen molar-refractivity contribution in [3.05, 3.63) is 29.6 Å². The van der Waals surface area contributed by atoms with Crippen molar-refractivity contribution >= 4 is 5.91 Å². The van der Waals surface area contributed by atoms with Crippen molar-refractivity contribution < 1.29 is 4.79 Å². The molecule has 4 nitrogen and oxygen atoms in total. The number of hydrogen-bond acceptors (Lipinski definition) is 3. The van der Waals surface area contributed by atoms with Crippen LogP contribution >= 0.6 is 0 Å². The molecule has 2 heterocycles. The topological polar surface area (TPSA) is 59.2 Å². The number of aryl methyl sites for hydroxylation is 1. The standard InChI is InChI=1S/C13H19N3O/c1-3-16-12(17)5-4-11(14)13(16)10-8-15-7-6-9(10)2/h6-8,11,13H,3-5,14H2,1-2H3. The van der Waals surface area contributed by atoms with Gasteiger partial charge in [-0.05, 0) is 37.5 Å². The highest BCUT2D eigenvalue weighted by Gasteiger charge is 2.34. The quantitative estimate of drug-likeness (QED) is 0.840. The molecule has 1 aromatic rings. The molecule has 1 aromatic heterocycles. The van der Waals surface area contributed by atoms with Gasteiger partial charge in [0.2, 0.25) is 5.91 Å². The van der Waals surface area contributed by atoms with Crippen molar-refractivity contribution in [2.24, 2.45) is 5.73 Å². The molecule has 1 amide bonds. The number of hydrogen-bond donors (Lipinski definition) is 1. The van der Waals surface area contributed by atoms with Crippen LogP contribution in [0.25, 0.3) is 0 Å². The first-order chi connectivity index (χ1) is 8.15. The normalized spacial score (nSPS) is 25.1. The minimum Gasteiger partial charge on any atom is -0.334 e. The highest BCUT2D eigenvalue weighted by Crippen LogP contribution is 2.31. The second kappa shape index (κ2) is 4.84. The number of aromatic nitrogens is 1. The monoisotopic (exact) mass is 233 g/mol. The highest BCUT2D eigenvalue weighted by atomic mass is 16.2. The van der Waals surface area contributed by atoms with Gasteiger partial charge in [0.05, 0.1) is 6.04 Å². The van der Waals surface area contributed by atoms with E-state index in [1.807, 2.05) is 31.0 Å². The number of carbonyl (C=O) groups is 1. The fourth-order valence-electron chi connectivity index (χ4n) is 2.54. The predicted molar refractivity (Wildman–Crippen MR) is 66.3 cm³/mol. The van der Waals surface area contributed by atoms with Crippen molar-refractivity contribution in [3.63, 3.8) is 0 Å². The fourth-order valence-corrected chi connectivity index (χ4v) is 2.54. The van der Waals surface area contributed by atoms with E-state index in [-0.39, 0.29) is 18.0 Å². The van der Waals surface area contributed by atoms with E-state index in [1.165, 1.54) is 0 Å². The lowest BCUT2D eigenvalue weighted by atomic mass is 9.89. The van der Waals surface area contributed by atoms with Gasteiger partial charge >= 0.3 is 0 Å². The lowest BCUT2D eigenvalue weighted by molar-refractivity contribution is -0.137. The van der Waals surface area contributed by atoms with Gasteiger partial charge in [0.15, 0.2) is 0 Å². The fraction of sp³-hybridized carbons (Fsp3) is 0.538. The summed E-state index contributed by atoms with van der Waals surface area (Å²) in [6.07, 6.45) is 4.92. The Hall–Kier alpha value is -1.42. The predicted octanol–water partition coefficient (Wildman–Crippen LogP) is 1.40. The van der Waals surface area contributed by atoms with E-state index in [2.05, 4.69) is 4.98 Å². The maximum atomic E-state index is 11.9. The zero-order valence-corrected chi connectivity index (χ0v) is 10.4. The Kier molecular flexibility index (Phi) is 3.43. The molecule has 1 saturated heterocycles. The number of pyridine rings is 1. The summed E-state index contributed by atoms with van der Waals surface area (Å²) in [6.45, 7) is 4.73. The molecule has 1 aliphatic heterocycles. The Bertz CT molecular complexity index is 419. The van der Waals surface area contributed by atoms with Crippen LogP contribution in [0.15, 0.2) is 18.5 Å². The molecule has 2 atom stereocenters. The van der Waals surface area contributed by atoms with Gasteiger partial charge in [0.25, 0.3) is 0 Å². The molecule has 0 spiro atoms. The van der Waals surface area contributed by atoms with Crippen LogP contribution < -0.4 is 5.73 Å². The lowest BCUT2D eigenvalue weighted by Gasteiger charge is -2.39. The summed E-state index contributed by atoms with van der Waals surface area (Å²) in [5.41, 5.74) is 8.41. The van der Waals surface area contributed by atoms with Crippen molar-refractivity contribution in [1.82, 2.24) is 9.88 Å². The minimum absolute atomic E-state index is 0.00977. The Morgan fingerprint density at radius 3 is 3.00 bits per heavy atom. The van der Waals surface area contributed by atoms with E-state index in [0.29, 0.717) is 13.0 Å². The lowest BCUT2D eigenvalue weighted by Crippen LogP contribution is -2.48. The second-order valence-corrected chi connectivity index (χ2v) is 4.56. The molecule has 0 saturated carbocycles. The van der Waals surface area contributed by atoms with E-state index in [4.69, 9.17) is 5.73 Å². The number of nitrogens with two attached hydrogens (primary N) is 1. The van der Waals surface area contributed by atoms with Crippen molar-refractivity contribution in [3.8, 4) is 0 Å². The van der Waals surface area contributed by atoms with Crippen LogP contribution in [0.4, 0.5) is 0 Å². The smallest absolute Gasteiger partial charge is 0.223 e. The number of carbonyl (C=O) groups excluding carboxylic acids is 1. The van der Waals surface area contributed by atoms with Crippen molar-refractivity contribution in [2.45, 2.75) is 38.8 Å². The molecule has 2 rings (SSSR count). The third kappa shape index (κ3) is 2.17. The zero-order chi connectivity index (χ0) is 12.4. The van der Waals surface area contributed by atoms with Gasteiger partial charge in [-0.1, -0.05) is 0 Å². The highest BCUT2D eigenvalue weighted by molar-refractivity contribution is 5.78. The molecule has 0 radical (unpaired) electrons. The maximum absolute atomic E-state index is 11.9. The zero-order valence-electron chi connectivity index (χ0n) is 10.4. The third-order valence-corrected chi connectivity index (χ3v) is 3.49. The largest absolute Gasteiger partial charge is 0.334 e. The Labute approximate surface area is 102 Å². The number of nitrogens with zero attached hydrogens (tertiary/aromatic N) is 2. The first kappa shape index (κ1) is 12.0. The summed E-state index contributed by atoms with van der Waals surface area (Å²) in [7, 11) is 0. The summed E-state index contributed by atoms with van der Waals surface area (Å²) in [4.78, 5) is 17.9. The molecule has 0 aromatic carbocycles. The first-order valence-electron chi connectivity index (χ1n) is 6.10. The van der Waals surface area contributed by atoms with E-state index < -0.39 is 0 Å². The summed E-state index contributed by atoms with van der Waals surface area (Å²) in [5, 5.41) is 0. The Morgan fingerprint density at radius 2 is 2.35 bits per heavy atom. The number of likely N-dealkylation sites (tertiary alicyclic amines) is 1. The summed E-state index contributed by atoms with van der Waals surface area (Å²) in [5.74, 6) is 0.197. The summed E-state index contributed by atoms with van der Waals surface area (Å²) >= 11 is 0. The van der Waals surface area contributed by atoms with Crippen LogP contribution in [0.2, 0.25) is 0 Å². The van der Waals surface area contributed by atoms with Crippen LogP contribution in [0.1, 0.15) is 36.9 Å². The van der Waals surface area contributed by atoms with E-state index in [9.17, 15) is 4.79 Å². The molecule has 92 valence electrons. The summed E-state index contributed by atoms with van der Waals surface area (Å²) < 4.78 is 0. The number of rotatable bonds is 2. The molecule has 0 aliphatic carbocycles. The molecule has 1 aliphatic rings. The maximum Gasteiger partial charge on any atom is 0.223 e. The number of amides is 1. The molecular formula is C13H19N3O. The van der Waals surface area contributed by atoms with E-state index >= 15 is 0 Å². The van der Waals surface area contributed by atoms with E-state index in [0.717, 1.165) is 17.5 Å². The van der Waals surface area contributed by atoms with Crippen LogP contribution in [-0.2, 0) is 4.79 Å². The Balaban J connectivity index is 2.39. The van der Waals surface area contributed by atoms with Gasteiger partial charge in [0.1, 0.15) is 0 Å². The van der Waals surface area contributed by atoms with Gasteiger partial charge in [-0.15, -0.1) is 0 Å². The summed E-state index contributed by atoms with van der Waals surface area (Å²) in [6, 6.07) is 1.96. The number of piperidine rings is 1. The minimum atomic E-state index is -0.0186.